The van der Waals surface area contributed by atoms with Crippen molar-refractivity contribution in [3.05, 3.63) is 42.5 Å². The van der Waals surface area contributed by atoms with E-state index in [0.717, 1.165) is 12.2 Å². The maximum atomic E-state index is 11.7. The van der Waals surface area contributed by atoms with Gasteiger partial charge < -0.3 is 10.3 Å². The van der Waals surface area contributed by atoms with Crippen LogP contribution in [0.1, 0.15) is 25.2 Å². The van der Waals surface area contributed by atoms with E-state index in [1.54, 1.807) is 30.6 Å². The number of aromatic nitrogens is 2. The van der Waals surface area contributed by atoms with Crippen molar-refractivity contribution in [2.24, 2.45) is 0 Å². The van der Waals surface area contributed by atoms with Crippen LogP contribution in [-0.2, 0) is 9.84 Å². The zero-order chi connectivity index (χ0) is 13.9. The van der Waals surface area contributed by atoms with E-state index in [9.17, 15) is 8.42 Å². The molecule has 0 aliphatic rings. The highest BCUT2D eigenvalue weighted by atomic mass is 32.2. The van der Waals surface area contributed by atoms with E-state index in [0.29, 0.717) is 10.6 Å². The topological polar surface area (TPSA) is 74.8 Å². The summed E-state index contributed by atoms with van der Waals surface area (Å²) < 4.78 is 23.5. The fourth-order valence-corrected chi connectivity index (χ4v) is 2.78. The molecular weight excluding hydrogens is 262 g/mol. The highest BCUT2D eigenvalue weighted by Gasteiger charge is 2.17. The maximum absolute atomic E-state index is 11.7. The van der Waals surface area contributed by atoms with E-state index in [2.05, 4.69) is 15.3 Å². The van der Waals surface area contributed by atoms with E-state index in [1.807, 2.05) is 13.0 Å². The number of benzene rings is 1. The lowest BCUT2D eigenvalue weighted by Gasteiger charge is -2.18. The molecule has 1 unspecified atom stereocenters. The molecule has 0 fully saturated rings. The molecular formula is C13H17N3O2S. The monoisotopic (exact) mass is 279 g/mol. The Morgan fingerprint density at radius 2 is 2.11 bits per heavy atom. The summed E-state index contributed by atoms with van der Waals surface area (Å²) in [5.41, 5.74) is 0.605. The van der Waals surface area contributed by atoms with E-state index in [-0.39, 0.29) is 6.04 Å². The number of aromatic amines is 1. The van der Waals surface area contributed by atoms with Gasteiger partial charge in [0.2, 0.25) is 0 Å². The molecule has 0 saturated carbocycles. The van der Waals surface area contributed by atoms with Gasteiger partial charge in [0.25, 0.3) is 0 Å². The van der Waals surface area contributed by atoms with Gasteiger partial charge >= 0.3 is 0 Å². The van der Waals surface area contributed by atoms with Crippen LogP contribution in [0.4, 0.5) is 5.69 Å². The van der Waals surface area contributed by atoms with Crippen molar-refractivity contribution in [1.29, 1.82) is 0 Å². The molecule has 0 aliphatic heterocycles. The number of nitrogens with one attached hydrogen (secondary N) is 2. The molecule has 0 spiro atoms. The molecule has 0 amide bonds. The number of sulfone groups is 1. The Hall–Kier alpha value is -1.82. The number of para-hydroxylation sites is 1. The first-order chi connectivity index (χ1) is 9.02. The van der Waals surface area contributed by atoms with Crippen molar-refractivity contribution in [2.75, 3.05) is 11.6 Å². The van der Waals surface area contributed by atoms with Gasteiger partial charge in [-0.25, -0.2) is 13.4 Å². The fraction of sp³-hybridized carbons (Fsp3) is 0.308. The summed E-state index contributed by atoms with van der Waals surface area (Å²) in [4.78, 5) is 7.56. The summed E-state index contributed by atoms with van der Waals surface area (Å²) in [6.45, 7) is 2.02. The van der Waals surface area contributed by atoms with Crippen LogP contribution in [0, 0.1) is 0 Å². The van der Waals surface area contributed by atoms with Crippen molar-refractivity contribution in [3.63, 3.8) is 0 Å². The highest BCUT2D eigenvalue weighted by Crippen LogP contribution is 2.26. The number of rotatable bonds is 5. The summed E-state index contributed by atoms with van der Waals surface area (Å²) in [5, 5.41) is 3.23. The zero-order valence-corrected chi connectivity index (χ0v) is 11.7. The summed E-state index contributed by atoms with van der Waals surface area (Å²) >= 11 is 0. The van der Waals surface area contributed by atoms with Gasteiger partial charge in [-0.15, -0.1) is 0 Å². The molecule has 6 heteroatoms. The predicted octanol–water partition coefficient (Wildman–Crippen LogP) is 2.38. The number of imidazole rings is 1. The molecule has 1 heterocycles. The van der Waals surface area contributed by atoms with Gasteiger partial charge in [-0.05, 0) is 18.6 Å². The molecule has 2 aromatic rings. The third kappa shape index (κ3) is 3.14. The predicted molar refractivity (Wildman–Crippen MR) is 74.8 cm³/mol. The lowest BCUT2D eigenvalue weighted by Crippen LogP contribution is -2.13. The molecule has 2 N–H and O–H groups in total. The molecule has 1 aromatic heterocycles. The van der Waals surface area contributed by atoms with Crippen molar-refractivity contribution < 1.29 is 8.42 Å². The van der Waals surface area contributed by atoms with Gasteiger partial charge in [0.1, 0.15) is 5.82 Å². The van der Waals surface area contributed by atoms with Gasteiger partial charge in [-0.2, -0.15) is 0 Å². The molecule has 19 heavy (non-hydrogen) atoms. The van der Waals surface area contributed by atoms with Gasteiger partial charge in [0, 0.05) is 18.6 Å². The number of hydrogen-bond acceptors (Lipinski definition) is 4. The van der Waals surface area contributed by atoms with Crippen molar-refractivity contribution in [3.8, 4) is 0 Å². The molecule has 0 saturated heterocycles. The van der Waals surface area contributed by atoms with E-state index < -0.39 is 9.84 Å². The maximum Gasteiger partial charge on any atom is 0.177 e. The smallest absolute Gasteiger partial charge is 0.177 e. The minimum atomic E-state index is -3.25. The van der Waals surface area contributed by atoms with E-state index in [1.165, 1.54) is 6.26 Å². The minimum absolute atomic E-state index is 0.0436. The van der Waals surface area contributed by atoms with E-state index in [4.69, 9.17) is 0 Å². The van der Waals surface area contributed by atoms with Crippen LogP contribution < -0.4 is 5.32 Å². The summed E-state index contributed by atoms with van der Waals surface area (Å²) in [5.74, 6) is 0.797. The third-order valence-electron chi connectivity index (χ3n) is 2.87. The number of hydrogen-bond donors (Lipinski definition) is 2. The van der Waals surface area contributed by atoms with Crippen molar-refractivity contribution in [1.82, 2.24) is 9.97 Å². The second-order valence-corrected chi connectivity index (χ2v) is 6.33. The molecule has 2 rings (SSSR count). The number of anilines is 1. The van der Waals surface area contributed by atoms with Crippen molar-refractivity contribution in [2.45, 2.75) is 24.3 Å². The number of H-pyrrole nitrogens is 1. The van der Waals surface area contributed by atoms with E-state index >= 15 is 0 Å². The quantitative estimate of drug-likeness (QED) is 0.881. The molecule has 0 radical (unpaired) electrons. The van der Waals surface area contributed by atoms with Gasteiger partial charge in [0.15, 0.2) is 9.84 Å². The number of nitrogens with zero attached hydrogens (tertiary/aromatic N) is 1. The second-order valence-electron chi connectivity index (χ2n) is 4.35. The Morgan fingerprint density at radius 3 is 2.68 bits per heavy atom. The largest absolute Gasteiger partial charge is 0.374 e. The Labute approximate surface area is 113 Å². The SMILES string of the molecule is CCC(Nc1ccccc1S(C)(=O)=O)c1ncc[nH]1. The highest BCUT2D eigenvalue weighted by molar-refractivity contribution is 7.90. The minimum Gasteiger partial charge on any atom is -0.374 e. The lowest BCUT2D eigenvalue weighted by molar-refractivity contribution is 0.601. The summed E-state index contributed by atoms with van der Waals surface area (Å²) in [7, 11) is -3.25. The molecule has 5 nitrogen and oxygen atoms in total. The Bertz CT molecular complexity index is 636. The third-order valence-corrected chi connectivity index (χ3v) is 4.03. The van der Waals surface area contributed by atoms with Crippen LogP contribution >= 0.6 is 0 Å². The van der Waals surface area contributed by atoms with Crippen LogP contribution in [0.5, 0.6) is 0 Å². The van der Waals surface area contributed by atoms with Crippen LogP contribution in [0.3, 0.4) is 0 Å². The molecule has 0 aliphatic carbocycles. The first kappa shape index (κ1) is 13.6. The second kappa shape index (κ2) is 5.44. The standard InChI is InChI=1S/C13H17N3O2S/c1-3-10(13-14-8-9-15-13)16-11-6-4-5-7-12(11)19(2,17)18/h4-10,16H,3H2,1-2H3,(H,14,15). The van der Waals surface area contributed by atoms with Crippen LogP contribution in [-0.4, -0.2) is 24.6 Å². The lowest BCUT2D eigenvalue weighted by atomic mass is 10.2. The summed E-state index contributed by atoms with van der Waals surface area (Å²) in [6, 6.07) is 6.85. The van der Waals surface area contributed by atoms with Crippen LogP contribution in [0.2, 0.25) is 0 Å². The molecule has 1 atom stereocenters. The molecule has 1 aromatic carbocycles. The Balaban J connectivity index is 2.33. The van der Waals surface area contributed by atoms with Gasteiger partial charge in [-0.1, -0.05) is 19.1 Å². The molecule has 102 valence electrons. The normalized spacial score (nSPS) is 13.2. The summed E-state index contributed by atoms with van der Waals surface area (Å²) in [6.07, 6.45) is 5.44. The average Bonchev–Trinajstić information content (AvgIpc) is 2.89. The van der Waals surface area contributed by atoms with Crippen LogP contribution in [0.25, 0.3) is 0 Å². The first-order valence-electron chi connectivity index (χ1n) is 6.07. The molecule has 0 bridgehead atoms. The zero-order valence-electron chi connectivity index (χ0n) is 10.9. The van der Waals surface area contributed by atoms with Gasteiger partial charge in [-0.3, -0.25) is 0 Å². The van der Waals surface area contributed by atoms with Crippen LogP contribution in [0.15, 0.2) is 41.6 Å². The van der Waals surface area contributed by atoms with Crippen molar-refractivity contribution >= 4 is 15.5 Å². The average molecular weight is 279 g/mol. The Kier molecular flexibility index (Phi) is 3.90. The Morgan fingerprint density at radius 1 is 1.37 bits per heavy atom. The van der Waals surface area contributed by atoms with Gasteiger partial charge in [0.05, 0.1) is 16.6 Å². The fourth-order valence-electron chi connectivity index (χ4n) is 1.93. The first-order valence-corrected chi connectivity index (χ1v) is 7.96.